The molecule has 0 saturated carbocycles. The van der Waals surface area contributed by atoms with Crippen LogP contribution in [0.4, 0.5) is 17.1 Å². The van der Waals surface area contributed by atoms with Gasteiger partial charge in [-0.3, -0.25) is 19.9 Å². The summed E-state index contributed by atoms with van der Waals surface area (Å²) < 4.78 is 9.74. The Kier molecular flexibility index (Phi) is 10.3. The molecule has 4 rings (SSSR count). The van der Waals surface area contributed by atoms with Crippen LogP contribution >= 0.6 is 34.5 Å². The lowest BCUT2D eigenvalue weighted by Crippen LogP contribution is -2.23. The SMILES string of the molecule is CC.CC.N=C1OCCN1c1ccc(NC(=O)c2nscc2NC(=O)c2ccc(Cl)s2)cc1. The molecule has 2 aromatic heterocycles. The van der Waals surface area contributed by atoms with E-state index in [0.717, 1.165) is 28.6 Å². The molecule has 8 nitrogen and oxygen atoms in total. The van der Waals surface area contributed by atoms with Crippen LogP contribution in [0.15, 0.2) is 41.8 Å². The molecule has 0 unspecified atom stereocenters. The summed E-state index contributed by atoms with van der Waals surface area (Å²) in [6, 6.07) is 10.4. The Morgan fingerprint density at radius 2 is 1.76 bits per heavy atom. The van der Waals surface area contributed by atoms with Crippen molar-refractivity contribution in [2.24, 2.45) is 0 Å². The van der Waals surface area contributed by atoms with Gasteiger partial charge in [-0.1, -0.05) is 39.3 Å². The highest BCUT2D eigenvalue weighted by atomic mass is 35.5. The first-order valence-electron chi connectivity index (χ1n) is 10.4. The minimum atomic E-state index is -0.434. The number of anilines is 3. The van der Waals surface area contributed by atoms with Gasteiger partial charge in [0.1, 0.15) is 6.61 Å². The normalized spacial score (nSPS) is 12.0. The summed E-state index contributed by atoms with van der Waals surface area (Å²) in [6.45, 7) is 9.09. The lowest BCUT2D eigenvalue weighted by molar-refractivity contribution is 0.102. The molecule has 3 heterocycles. The standard InChI is InChI=1S/C18H14ClN5O3S2.2C2H6/c19-14-6-5-13(29-14)16(25)22-12-9-28-23-15(12)17(26)21-10-1-3-11(4-2-10)24-7-8-27-18(24)20;2*1-2/h1-6,9,20H,7-8H2,(H,21,26)(H,22,25);2*1-2H3. The van der Waals surface area contributed by atoms with Gasteiger partial charge in [-0.05, 0) is 47.9 Å². The highest BCUT2D eigenvalue weighted by molar-refractivity contribution is 7.18. The van der Waals surface area contributed by atoms with Crippen LogP contribution in [0.3, 0.4) is 0 Å². The molecule has 1 fully saturated rings. The van der Waals surface area contributed by atoms with Gasteiger partial charge in [-0.25, -0.2) is 0 Å². The molecule has 2 amide bonds. The molecule has 1 aromatic carbocycles. The number of carbonyl (C=O) groups is 2. The molecule has 33 heavy (non-hydrogen) atoms. The van der Waals surface area contributed by atoms with E-state index in [1.807, 2.05) is 27.7 Å². The van der Waals surface area contributed by atoms with Gasteiger partial charge in [-0.15, -0.1) is 11.3 Å². The molecule has 3 N–H and O–H groups in total. The average Bonchev–Trinajstić information content (AvgIpc) is 3.58. The van der Waals surface area contributed by atoms with Crippen molar-refractivity contribution in [3.05, 3.63) is 56.7 Å². The number of nitrogens with one attached hydrogen (secondary N) is 3. The lowest BCUT2D eigenvalue weighted by atomic mass is 10.2. The van der Waals surface area contributed by atoms with Gasteiger partial charge in [0.05, 0.1) is 21.4 Å². The number of rotatable bonds is 5. The summed E-state index contributed by atoms with van der Waals surface area (Å²) in [6.07, 6.45) is 0. The Bertz CT molecular complexity index is 1080. The fourth-order valence-corrected chi connectivity index (χ4v) is 4.24. The molecular weight excluding hydrogens is 482 g/mol. The first kappa shape index (κ1) is 26.3. The smallest absolute Gasteiger partial charge is 0.289 e. The van der Waals surface area contributed by atoms with E-state index in [1.54, 1.807) is 46.7 Å². The zero-order chi connectivity index (χ0) is 24.4. The van der Waals surface area contributed by atoms with E-state index in [0.29, 0.717) is 33.7 Å². The summed E-state index contributed by atoms with van der Waals surface area (Å²) in [5, 5.41) is 14.8. The first-order chi connectivity index (χ1) is 16.0. The molecule has 0 radical (unpaired) electrons. The van der Waals surface area contributed by atoms with Gasteiger partial charge >= 0.3 is 0 Å². The first-order valence-corrected chi connectivity index (χ1v) is 12.5. The van der Waals surface area contributed by atoms with Crippen molar-refractivity contribution in [3.8, 4) is 0 Å². The van der Waals surface area contributed by atoms with Crippen LogP contribution in [0, 0.1) is 5.41 Å². The van der Waals surface area contributed by atoms with Gasteiger partial charge in [0.15, 0.2) is 5.69 Å². The van der Waals surface area contributed by atoms with Crippen molar-refractivity contribution in [2.45, 2.75) is 27.7 Å². The molecular formula is C22H26ClN5O3S2. The van der Waals surface area contributed by atoms with Crippen LogP contribution < -0.4 is 15.5 Å². The molecule has 11 heteroatoms. The van der Waals surface area contributed by atoms with Gasteiger partial charge in [-0.2, -0.15) is 4.37 Å². The second kappa shape index (κ2) is 12.9. The van der Waals surface area contributed by atoms with Gasteiger partial charge in [0.25, 0.3) is 17.8 Å². The fraction of sp³-hybridized carbons (Fsp3) is 0.273. The van der Waals surface area contributed by atoms with E-state index in [-0.39, 0.29) is 17.6 Å². The molecule has 3 aromatic rings. The van der Waals surface area contributed by atoms with Crippen LogP contribution in [-0.4, -0.2) is 35.4 Å². The van der Waals surface area contributed by atoms with E-state index in [2.05, 4.69) is 15.0 Å². The second-order valence-electron chi connectivity index (χ2n) is 5.94. The van der Waals surface area contributed by atoms with Gasteiger partial charge in [0, 0.05) is 16.8 Å². The largest absolute Gasteiger partial charge is 0.463 e. The van der Waals surface area contributed by atoms with E-state index in [9.17, 15) is 9.59 Å². The maximum Gasteiger partial charge on any atom is 0.289 e. The molecule has 0 aliphatic carbocycles. The maximum absolute atomic E-state index is 12.6. The van der Waals surface area contributed by atoms with E-state index in [4.69, 9.17) is 21.7 Å². The number of thiophene rings is 1. The topological polar surface area (TPSA) is 107 Å². The summed E-state index contributed by atoms with van der Waals surface area (Å²) in [5.74, 6) is -0.786. The van der Waals surface area contributed by atoms with E-state index < -0.39 is 5.91 Å². The zero-order valence-electron chi connectivity index (χ0n) is 18.8. The predicted octanol–water partition coefficient (Wildman–Crippen LogP) is 6.19. The highest BCUT2D eigenvalue weighted by Gasteiger charge is 2.21. The van der Waals surface area contributed by atoms with Crippen LogP contribution in [0.5, 0.6) is 0 Å². The summed E-state index contributed by atoms with van der Waals surface area (Å²) in [5.41, 5.74) is 1.84. The summed E-state index contributed by atoms with van der Waals surface area (Å²) in [7, 11) is 0. The Morgan fingerprint density at radius 1 is 1.06 bits per heavy atom. The minimum absolute atomic E-state index is 0.108. The van der Waals surface area contributed by atoms with Crippen LogP contribution in [0.1, 0.15) is 47.9 Å². The van der Waals surface area contributed by atoms with Gasteiger partial charge in [0.2, 0.25) is 0 Å². The number of nitrogens with zero attached hydrogens (tertiary/aromatic N) is 2. The number of hydrogen-bond acceptors (Lipinski definition) is 7. The molecule has 0 spiro atoms. The number of benzene rings is 1. The number of amides is 2. The second-order valence-corrected chi connectivity index (χ2v) is 8.29. The Labute approximate surface area is 206 Å². The van der Waals surface area contributed by atoms with E-state index in [1.165, 1.54) is 0 Å². The number of aromatic nitrogens is 1. The Hall–Kier alpha value is -2.95. The minimum Gasteiger partial charge on any atom is -0.463 e. The quantitative estimate of drug-likeness (QED) is 0.382. The Balaban J connectivity index is 0.000000914. The summed E-state index contributed by atoms with van der Waals surface area (Å²) in [4.78, 5) is 27.1. The Morgan fingerprint density at radius 3 is 2.33 bits per heavy atom. The third kappa shape index (κ3) is 6.77. The predicted molar refractivity (Wildman–Crippen MR) is 138 cm³/mol. The monoisotopic (exact) mass is 507 g/mol. The lowest BCUT2D eigenvalue weighted by Gasteiger charge is -2.15. The van der Waals surface area contributed by atoms with Gasteiger partial charge < -0.3 is 15.4 Å². The molecule has 1 aliphatic rings. The van der Waals surface area contributed by atoms with Crippen LogP contribution in [0.2, 0.25) is 4.34 Å². The third-order valence-corrected chi connectivity index (χ3v) is 5.92. The molecule has 0 atom stereocenters. The maximum atomic E-state index is 12.6. The molecule has 1 saturated heterocycles. The average molecular weight is 508 g/mol. The van der Waals surface area contributed by atoms with Crippen LogP contribution in [0.25, 0.3) is 0 Å². The fourth-order valence-electron chi connectivity index (χ4n) is 2.68. The number of halogens is 1. The van der Waals surface area contributed by atoms with E-state index >= 15 is 0 Å². The van der Waals surface area contributed by atoms with Crippen molar-refractivity contribution < 1.29 is 14.3 Å². The van der Waals surface area contributed by atoms with Crippen molar-refractivity contribution in [1.29, 1.82) is 5.41 Å². The number of amidine groups is 1. The highest BCUT2D eigenvalue weighted by Crippen LogP contribution is 2.25. The molecule has 1 aliphatic heterocycles. The van der Waals surface area contributed by atoms with Crippen molar-refractivity contribution in [2.75, 3.05) is 28.7 Å². The van der Waals surface area contributed by atoms with Crippen molar-refractivity contribution >= 4 is 69.4 Å². The third-order valence-electron chi connectivity index (χ3n) is 4.07. The van der Waals surface area contributed by atoms with Crippen molar-refractivity contribution in [1.82, 2.24) is 4.37 Å². The zero-order valence-corrected chi connectivity index (χ0v) is 21.2. The molecule has 176 valence electrons. The number of hydrogen-bond donors (Lipinski definition) is 3. The van der Waals surface area contributed by atoms with Crippen molar-refractivity contribution in [3.63, 3.8) is 0 Å². The summed E-state index contributed by atoms with van der Waals surface area (Å²) >= 11 is 8.09. The number of carbonyl (C=O) groups excluding carboxylic acids is 2. The number of ether oxygens (including phenoxy) is 1. The molecule has 0 bridgehead atoms. The van der Waals surface area contributed by atoms with Crippen LogP contribution in [-0.2, 0) is 4.74 Å².